The summed E-state index contributed by atoms with van der Waals surface area (Å²) in [5, 5.41) is 46.6. The zero-order chi connectivity index (χ0) is 33.9. The van der Waals surface area contributed by atoms with Gasteiger partial charge in [-0.3, -0.25) is 19.3 Å². The topological polar surface area (TPSA) is 165 Å². The van der Waals surface area contributed by atoms with E-state index in [0.29, 0.717) is 11.1 Å². The van der Waals surface area contributed by atoms with Gasteiger partial charge in [-0.15, -0.1) is 0 Å². The van der Waals surface area contributed by atoms with E-state index in [1.807, 2.05) is 43.3 Å². The normalized spacial score (nSPS) is 25.4. The molecule has 1 saturated carbocycles. The van der Waals surface area contributed by atoms with Gasteiger partial charge in [0.2, 0.25) is 5.78 Å². The Morgan fingerprint density at radius 2 is 1.72 bits per heavy atom. The van der Waals surface area contributed by atoms with E-state index in [1.54, 1.807) is 20.2 Å². The first kappa shape index (κ1) is 32.1. The minimum Gasteiger partial charge on any atom is -0.508 e. The minimum absolute atomic E-state index is 0.0151. The van der Waals surface area contributed by atoms with Crippen molar-refractivity contribution in [2.75, 3.05) is 33.1 Å². The van der Waals surface area contributed by atoms with Crippen LogP contribution in [0.25, 0.3) is 16.9 Å². The molecule has 0 unspecified atom stereocenters. The average Bonchev–Trinajstić information content (AvgIpc) is 3.02. The van der Waals surface area contributed by atoms with Crippen molar-refractivity contribution < 1.29 is 34.8 Å². The Morgan fingerprint density at radius 1 is 1.02 bits per heavy atom. The number of aliphatic hydroxyl groups is 3. The number of hydrogen-bond donors (Lipinski definition) is 5. The summed E-state index contributed by atoms with van der Waals surface area (Å²) in [6.07, 6.45) is 6.19. The molecule has 10 heteroatoms. The predicted molar refractivity (Wildman–Crippen MR) is 177 cm³/mol. The van der Waals surface area contributed by atoms with Crippen LogP contribution in [-0.4, -0.2) is 82.6 Å². The Hall–Kier alpha value is -4.85. The van der Waals surface area contributed by atoms with Gasteiger partial charge >= 0.3 is 0 Å². The first-order chi connectivity index (χ1) is 22.3. The van der Waals surface area contributed by atoms with Gasteiger partial charge < -0.3 is 31.1 Å². The van der Waals surface area contributed by atoms with Gasteiger partial charge in [0.25, 0.3) is 5.91 Å². The molecule has 0 saturated heterocycles. The van der Waals surface area contributed by atoms with E-state index in [1.165, 1.54) is 4.90 Å². The largest absolute Gasteiger partial charge is 0.508 e. The monoisotopic (exact) mass is 637 g/mol. The fourth-order valence-electron chi connectivity index (χ4n) is 7.70. The Labute approximate surface area is 273 Å². The number of fused-ring (bicyclic) bond motifs is 3. The van der Waals surface area contributed by atoms with Gasteiger partial charge in [0, 0.05) is 31.3 Å². The number of hydrogen-bond acceptors (Lipinski definition) is 9. The Balaban J connectivity index is 1.58. The second-order valence-corrected chi connectivity index (χ2v) is 13.3. The molecule has 0 aromatic heterocycles. The zero-order valence-corrected chi connectivity index (χ0v) is 26.9. The molecule has 4 atom stereocenters. The number of likely N-dealkylation sites (N-methyl/N-ethyl adjacent to an activating group) is 1. The van der Waals surface area contributed by atoms with E-state index in [0.717, 1.165) is 42.5 Å². The van der Waals surface area contributed by atoms with Crippen LogP contribution in [0.15, 0.2) is 58.9 Å². The Morgan fingerprint density at radius 3 is 2.32 bits per heavy atom. The minimum atomic E-state index is -2.70. The lowest BCUT2D eigenvalue weighted by Crippen LogP contribution is -2.65. The van der Waals surface area contributed by atoms with Gasteiger partial charge in [-0.05, 0) is 99.0 Å². The van der Waals surface area contributed by atoms with Gasteiger partial charge in [-0.25, -0.2) is 0 Å². The number of anilines is 1. The third-order valence-electron chi connectivity index (χ3n) is 10.1. The lowest BCUT2D eigenvalue weighted by Gasteiger charge is -2.50. The van der Waals surface area contributed by atoms with Gasteiger partial charge in [0.15, 0.2) is 11.4 Å². The van der Waals surface area contributed by atoms with Crippen molar-refractivity contribution in [2.24, 2.45) is 17.6 Å². The van der Waals surface area contributed by atoms with E-state index in [2.05, 4.69) is 17.9 Å². The number of aliphatic hydroxyl groups excluding tert-OH is 2. The number of carbonyl (C=O) groups excluding carboxylic acids is 3. The molecule has 2 aromatic carbocycles. The fourth-order valence-corrected chi connectivity index (χ4v) is 7.70. The number of benzene rings is 2. The molecule has 0 radical (unpaired) electrons. The molecule has 4 aliphatic rings. The van der Waals surface area contributed by atoms with Crippen LogP contribution in [0.5, 0.6) is 5.75 Å². The molecule has 2 aromatic rings. The second-order valence-electron chi connectivity index (χ2n) is 13.3. The summed E-state index contributed by atoms with van der Waals surface area (Å²) in [6, 6.07) is 8.46. The number of nitrogens with zero attached hydrogens (tertiary/aromatic N) is 2. The summed E-state index contributed by atoms with van der Waals surface area (Å²) in [6.45, 7) is 0. The number of carbonyl (C=O) groups is 3. The van der Waals surface area contributed by atoms with Crippen LogP contribution in [-0.2, 0) is 20.8 Å². The van der Waals surface area contributed by atoms with E-state index in [4.69, 9.17) is 5.73 Å². The van der Waals surface area contributed by atoms with E-state index >= 15 is 0 Å². The highest BCUT2D eigenvalue weighted by Gasteiger charge is 2.64. The van der Waals surface area contributed by atoms with Crippen molar-refractivity contribution in [3.05, 3.63) is 75.6 Å². The van der Waals surface area contributed by atoms with Crippen LogP contribution in [0.2, 0.25) is 0 Å². The Bertz CT molecular complexity index is 1870. The number of primary amides is 1. The number of ketones is 2. The molecule has 0 aliphatic heterocycles. The molecule has 47 heavy (non-hydrogen) atoms. The van der Waals surface area contributed by atoms with Gasteiger partial charge in [0.1, 0.15) is 22.8 Å². The van der Waals surface area contributed by atoms with Gasteiger partial charge in [-0.1, -0.05) is 30.0 Å². The molecule has 244 valence electrons. The summed E-state index contributed by atoms with van der Waals surface area (Å²) in [7, 11) is 7.03. The summed E-state index contributed by atoms with van der Waals surface area (Å²) < 4.78 is 0. The third-order valence-corrected chi connectivity index (χ3v) is 10.1. The van der Waals surface area contributed by atoms with Crippen LogP contribution in [0.3, 0.4) is 0 Å². The molecule has 6 rings (SSSR count). The number of nitrogens with two attached hydrogens (primary N) is 1. The van der Waals surface area contributed by atoms with Crippen molar-refractivity contribution in [2.45, 2.75) is 50.2 Å². The second kappa shape index (κ2) is 11.7. The summed E-state index contributed by atoms with van der Waals surface area (Å²) in [5.74, 6) is -0.611. The predicted octanol–water partition coefficient (Wildman–Crippen LogP) is 3.55. The maximum Gasteiger partial charge on any atom is 0.255 e. The number of amides is 1. The highest BCUT2D eigenvalue weighted by atomic mass is 16.3. The SMILES string of the molecule is CN(C)c1ccc(-c2cc(C#CC3=CCCCC3)c(O)c3c2C[C@@H]2C[C@@H]4[C@@H](N(C)C)C(=O)C(C(N)=O)=C(O)[C@]4(O)C(=O)C2=C3O)cc1. The van der Waals surface area contributed by atoms with Crippen LogP contribution >= 0.6 is 0 Å². The van der Waals surface area contributed by atoms with E-state index in [-0.39, 0.29) is 35.3 Å². The van der Waals surface area contributed by atoms with Gasteiger partial charge in [0.05, 0.1) is 17.2 Å². The summed E-state index contributed by atoms with van der Waals surface area (Å²) >= 11 is 0. The maximum absolute atomic E-state index is 14.3. The van der Waals surface area contributed by atoms with Crippen molar-refractivity contribution in [3.8, 4) is 28.7 Å². The zero-order valence-electron chi connectivity index (χ0n) is 26.9. The summed E-state index contributed by atoms with van der Waals surface area (Å²) in [4.78, 5) is 43.5. The molecular formula is C37H39N3O7. The first-order valence-corrected chi connectivity index (χ1v) is 15.8. The fraction of sp³-hybridized carbons (Fsp3) is 0.378. The smallest absolute Gasteiger partial charge is 0.255 e. The lowest BCUT2D eigenvalue weighted by atomic mass is 9.57. The van der Waals surface area contributed by atoms with Crippen LogP contribution < -0.4 is 10.6 Å². The number of rotatable bonds is 4. The molecule has 10 nitrogen and oxygen atoms in total. The van der Waals surface area contributed by atoms with Crippen molar-refractivity contribution in [1.82, 2.24) is 4.90 Å². The number of phenols is 1. The highest BCUT2D eigenvalue weighted by molar-refractivity contribution is 6.24. The van der Waals surface area contributed by atoms with Crippen LogP contribution in [0, 0.1) is 23.7 Å². The molecular weight excluding hydrogens is 598 g/mol. The molecule has 1 fully saturated rings. The molecule has 4 aliphatic carbocycles. The van der Waals surface area contributed by atoms with Crippen molar-refractivity contribution in [3.63, 3.8) is 0 Å². The molecule has 0 spiro atoms. The highest BCUT2D eigenvalue weighted by Crippen LogP contribution is 2.54. The molecule has 6 N–H and O–H groups in total. The molecule has 0 heterocycles. The number of Topliss-reactive ketones (excluding diaryl/α,β-unsaturated/α-hetero) is 2. The van der Waals surface area contributed by atoms with E-state index in [9.17, 15) is 34.8 Å². The number of aromatic hydroxyl groups is 1. The standard InChI is InChI=1S/C37H39N3O7/c1-39(2)23-14-12-20(13-15-23)24-16-21(11-10-19-8-6-5-7-9-19)31(41)28-25(24)17-22-18-26-30(40(3)4)33(43)29(36(38)46)35(45)37(26,47)34(44)27(22)32(28)42/h8,12-16,22,26,30,41-42,45,47H,5-7,9,17-18H2,1-4H3,(H2,38,46)/t22-,26-,30-,37-/m1/s1. The lowest BCUT2D eigenvalue weighted by molar-refractivity contribution is -0.153. The van der Waals surface area contributed by atoms with Crippen molar-refractivity contribution in [1.29, 1.82) is 0 Å². The van der Waals surface area contributed by atoms with E-state index < -0.39 is 58.0 Å². The average molecular weight is 638 g/mol. The van der Waals surface area contributed by atoms with Gasteiger partial charge in [-0.2, -0.15) is 0 Å². The van der Waals surface area contributed by atoms with Crippen molar-refractivity contribution >= 4 is 28.9 Å². The third kappa shape index (κ3) is 5.01. The number of allylic oxidation sites excluding steroid dienone is 2. The molecule has 0 bridgehead atoms. The maximum atomic E-state index is 14.3. The first-order valence-electron chi connectivity index (χ1n) is 15.8. The molecule has 1 amide bonds. The Kier molecular flexibility index (Phi) is 8.02. The van der Waals surface area contributed by atoms with Crippen LogP contribution in [0.4, 0.5) is 5.69 Å². The summed E-state index contributed by atoms with van der Waals surface area (Å²) in [5.41, 5.74) is 6.07. The van der Waals surface area contributed by atoms with Crippen LogP contribution in [0.1, 0.15) is 48.8 Å². The quantitative estimate of drug-likeness (QED) is 0.249. The number of phenolic OH excluding ortho intramolecular Hbond substituents is 1.